The van der Waals surface area contributed by atoms with Gasteiger partial charge in [-0.25, -0.2) is 8.42 Å². The Morgan fingerprint density at radius 2 is 1.76 bits per heavy atom. The Kier molecular flexibility index (Phi) is 6.29. The summed E-state index contributed by atoms with van der Waals surface area (Å²) in [5, 5.41) is 0. The number of carbonyl (C=O) groups excluding carboxylic acids is 1. The van der Waals surface area contributed by atoms with E-state index >= 15 is 0 Å². The van der Waals surface area contributed by atoms with Crippen LogP contribution in [0.25, 0.3) is 0 Å². The van der Waals surface area contributed by atoms with Crippen LogP contribution in [-0.2, 0) is 14.8 Å². The fourth-order valence-electron chi connectivity index (χ4n) is 2.63. The lowest BCUT2D eigenvalue weighted by Gasteiger charge is -2.34. The van der Waals surface area contributed by atoms with Crippen molar-refractivity contribution in [1.29, 1.82) is 0 Å². The minimum atomic E-state index is -3.30. The quantitative estimate of drug-likeness (QED) is 0.749. The normalized spacial score (nSPS) is 17.2. The summed E-state index contributed by atoms with van der Waals surface area (Å²) in [5.41, 5.74) is 0.549. The Morgan fingerprint density at radius 1 is 1.20 bits per heavy atom. The minimum Gasteiger partial charge on any atom is -0.481 e. The molecular formula is C17H27N3O4S. The number of hydrogen-bond donors (Lipinski definition) is 0. The molecule has 0 aliphatic carbocycles. The highest BCUT2D eigenvalue weighted by atomic mass is 32.2. The average Bonchev–Trinajstić information content (AvgIpc) is 2.59. The van der Waals surface area contributed by atoms with E-state index in [0.717, 1.165) is 19.3 Å². The molecule has 0 aromatic heterocycles. The molecule has 1 saturated heterocycles. The molecule has 0 bridgehead atoms. The van der Waals surface area contributed by atoms with Crippen molar-refractivity contribution in [2.45, 2.75) is 19.4 Å². The molecule has 0 N–H and O–H groups in total. The van der Waals surface area contributed by atoms with Crippen molar-refractivity contribution in [1.82, 2.24) is 9.80 Å². The van der Waals surface area contributed by atoms with Gasteiger partial charge in [0.05, 0.1) is 11.9 Å². The molecule has 1 amide bonds. The summed E-state index contributed by atoms with van der Waals surface area (Å²) >= 11 is 0. The predicted molar refractivity (Wildman–Crippen MR) is 98.5 cm³/mol. The van der Waals surface area contributed by atoms with E-state index < -0.39 is 16.1 Å². The molecule has 7 nitrogen and oxygen atoms in total. The molecule has 1 fully saturated rings. The lowest BCUT2D eigenvalue weighted by molar-refractivity contribution is -0.140. The van der Waals surface area contributed by atoms with Crippen molar-refractivity contribution in [3.63, 3.8) is 0 Å². The van der Waals surface area contributed by atoms with Crippen LogP contribution in [0, 0.1) is 0 Å². The summed E-state index contributed by atoms with van der Waals surface area (Å²) in [4.78, 5) is 16.7. The monoisotopic (exact) mass is 369 g/mol. The standard InChI is InChI=1S/C17H27N3O4S/c1-5-16(17(21)20-12-10-18(2)11-13-20)24-15-8-6-14(7-9-15)19(3)25(4,22)23/h6-9,16H,5,10-13H2,1-4H3/t16-/m0/s1. The Labute approximate surface area is 150 Å². The molecule has 1 heterocycles. The largest absolute Gasteiger partial charge is 0.481 e. The van der Waals surface area contributed by atoms with E-state index in [1.165, 1.54) is 11.4 Å². The van der Waals surface area contributed by atoms with E-state index in [1.807, 2.05) is 18.9 Å². The average molecular weight is 369 g/mol. The minimum absolute atomic E-state index is 0.00734. The van der Waals surface area contributed by atoms with E-state index in [9.17, 15) is 13.2 Å². The zero-order valence-corrected chi connectivity index (χ0v) is 16.1. The van der Waals surface area contributed by atoms with Crippen LogP contribution in [0.5, 0.6) is 5.75 Å². The van der Waals surface area contributed by atoms with Gasteiger partial charge in [-0.1, -0.05) is 6.92 Å². The Balaban J connectivity index is 2.02. The third-order valence-corrected chi connectivity index (χ3v) is 5.64. The molecule has 1 atom stereocenters. The number of benzene rings is 1. The number of hydrogen-bond acceptors (Lipinski definition) is 5. The molecular weight excluding hydrogens is 342 g/mol. The second kappa shape index (κ2) is 8.05. The number of nitrogens with zero attached hydrogens (tertiary/aromatic N) is 3. The van der Waals surface area contributed by atoms with Gasteiger partial charge in [0.15, 0.2) is 6.10 Å². The fraction of sp³-hybridized carbons (Fsp3) is 0.588. The number of carbonyl (C=O) groups is 1. The number of ether oxygens (including phenoxy) is 1. The fourth-order valence-corrected chi connectivity index (χ4v) is 3.13. The smallest absolute Gasteiger partial charge is 0.263 e. The van der Waals surface area contributed by atoms with Gasteiger partial charge < -0.3 is 14.5 Å². The zero-order valence-electron chi connectivity index (χ0n) is 15.3. The molecule has 0 radical (unpaired) electrons. The second-order valence-corrected chi connectivity index (χ2v) is 8.38. The summed E-state index contributed by atoms with van der Waals surface area (Å²) in [6, 6.07) is 6.72. The first kappa shape index (κ1) is 19.5. The van der Waals surface area contributed by atoms with Crippen LogP contribution in [0.15, 0.2) is 24.3 Å². The second-order valence-electron chi connectivity index (χ2n) is 6.37. The first-order chi connectivity index (χ1) is 11.7. The number of anilines is 1. The first-order valence-electron chi connectivity index (χ1n) is 8.40. The highest BCUT2D eigenvalue weighted by Gasteiger charge is 2.27. The van der Waals surface area contributed by atoms with E-state index in [2.05, 4.69) is 4.90 Å². The lowest BCUT2D eigenvalue weighted by atomic mass is 10.2. The topological polar surface area (TPSA) is 70.2 Å². The Morgan fingerprint density at radius 3 is 2.24 bits per heavy atom. The number of amides is 1. The molecule has 1 aromatic rings. The van der Waals surface area contributed by atoms with Crippen molar-refractivity contribution in [3.05, 3.63) is 24.3 Å². The SMILES string of the molecule is CC[C@H](Oc1ccc(N(C)S(C)(=O)=O)cc1)C(=O)N1CCN(C)CC1. The molecule has 0 spiro atoms. The van der Waals surface area contributed by atoms with Crippen molar-refractivity contribution in [3.8, 4) is 5.75 Å². The third kappa shape index (κ3) is 5.09. The molecule has 1 aliphatic heterocycles. The Bertz CT molecular complexity index is 682. The van der Waals surface area contributed by atoms with Gasteiger partial charge in [0.2, 0.25) is 10.0 Å². The van der Waals surface area contributed by atoms with Crippen LogP contribution in [0.4, 0.5) is 5.69 Å². The summed E-state index contributed by atoms with van der Waals surface area (Å²) in [6.07, 6.45) is 1.21. The highest BCUT2D eigenvalue weighted by molar-refractivity contribution is 7.92. The zero-order chi connectivity index (χ0) is 18.6. The number of likely N-dealkylation sites (N-methyl/N-ethyl adjacent to an activating group) is 1. The van der Waals surface area contributed by atoms with Gasteiger partial charge in [0.1, 0.15) is 5.75 Å². The summed E-state index contributed by atoms with van der Waals surface area (Å²) in [7, 11) is 0.242. The van der Waals surface area contributed by atoms with E-state index in [-0.39, 0.29) is 5.91 Å². The van der Waals surface area contributed by atoms with Crippen LogP contribution in [0.1, 0.15) is 13.3 Å². The van der Waals surface area contributed by atoms with Crippen LogP contribution in [0.3, 0.4) is 0 Å². The number of sulfonamides is 1. The van der Waals surface area contributed by atoms with Crippen LogP contribution < -0.4 is 9.04 Å². The molecule has 2 rings (SSSR count). The molecule has 25 heavy (non-hydrogen) atoms. The predicted octanol–water partition coefficient (Wildman–Crippen LogP) is 1.01. The summed E-state index contributed by atoms with van der Waals surface area (Å²) in [6.45, 7) is 5.09. The van der Waals surface area contributed by atoms with Gasteiger partial charge in [0.25, 0.3) is 5.91 Å². The van der Waals surface area contributed by atoms with Crippen LogP contribution in [-0.4, -0.2) is 76.8 Å². The number of rotatable bonds is 6. The number of piperazine rings is 1. The van der Waals surface area contributed by atoms with Gasteiger partial charge in [-0.05, 0) is 37.7 Å². The van der Waals surface area contributed by atoms with E-state index in [1.54, 1.807) is 24.3 Å². The molecule has 0 unspecified atom stereocenters. The molecule has 8 heteroatoms. The maximum absolute atomic E-state index is 12.6. The van der Waals surface area contributed by atoms with Gasteiger partial charge in [-0.15, -0.1) is 0 Å². The van der Waals surface area contributed by atoms with Crippen LogP contribution in [0.2, 0.25) is 0 Å². The van der Waals surface area contributed by atoms with E-state index in [0.29, 0.717) is 30.9 Å². The maximum Gasteiger partial charge on any atom is 0.263 e. The van der Waals surface area contributed by atoms with Gasteiger partial charge in [-0.3, -0.25) is 9.10 Å². The lowest BCUT2D eigenvalue weighted by Crippen LogP contribution is -2.51. The Hall–Kier alpha value is -1.80. The van der Waals surface area contributed by atoms with Crippen LogP contribution >= 0.6 is 0 Å². The first-order valence-corrected chi connectivity index (χ1v) is 10.2. The molecule has 140 valence electrons. The van der Waals surface area contributed by atoms with Gasteiger partial charge >= 0.3 is 0 Å². The molecule has 0 saturated carbocycles. The summed E-state index contributed by atoms with van der Waals surface area (Å²) < 4.78 is 30.2. The van der Waals surface area contributed by atoms with Crippen molar-refractivity contribution >= 4 is 21.6 Å². The molecule has 1 aliphatic rings. The van der Waals surface area contributed by atoms with Crippen molar-refractivity contribution in [2.75, 3.05) is 50.8 Å². The maximum atomic E-state index is 12.6. The molecule has 1 aromatic carbocycles. The summed E-state index contributed by atoms with van der Waals surface area (Å²) in [5.74, 6) is 0.563. The highest BCUT2D eigenvalue weighted by Crippen LogP contribution is 2.22. The van der Waals surface area contributed by atoms with Gasteiger partial charge in [-0.2, -0.15) is 0 Å². The third-order valence-electron chi connectivity index (χ3n) is 4.44. The van der Waals surface area contributed by atoms with Gasteiger partial charge in [0, 0.05) is 33.2 Å². The van der Waals surface area contributed by atoms with Crippen molar-refractivity contribution in [2.24, 2.45) is 0 Å². The van der Waals surface area contributed by atoms with Crippen molar-refractivity contribution < 1.29 is 17.9 Å². The van der Waals surface area contributed by atoms with E-state index in [4.69, 9.17) is 4.74 Å².